The van der Waals surface area contributed by atoms with Crippen molar-refractivity contribution in [1.82, 2.24) is 5.32 Å². The average molecular weight is 606 g/mol. The molecule has 4 rings (SSSR count). The number of carbonyl (C=O) groups excluding carboxylic acids is 3. The van der Waals surface area contributed by atoms with Gasteiger partial charge in [0.2, 0.25) is 5.91 Å². The molecule has 2 aromatic carbocycles. The number of carbonyl (C=O) groups is 3. The van der Waals surface area contributed by atoms with Crippen LogP contribution in [-0.2, 0) is 46.5 Å². The van der Waals surface area contributed by atoms with Gasteiger partial charge in [-0.15, -0.1) is 0 Å². The van der Waals surface area contributed by atoms with E-state index >= 15 is 0 Å². The zero-order chi connectivity index (χ0) is 31.4. The molecule has 0 radical (unpaired) electrons. The molecule has 10 nitrogen and oxygen atoms in total. The van der Waals surface area contributed by atoms with Gasteiger partial charge in [-0.1, -0.05) is 60.7 Å². The SMILES string of the molecule is COC(=O)/C=C1\c2ccoc2[C@@H](NC(=O)CCCCOCc2ccccc2)[C@]1(C[C@@H](O)COCc1ccccc1)C(=O)OC. The summed E-state index contributed by atoms with van der Waals surface area (Å²) in [6.45, 7) is 1.12. The van der Waals surface area contributed by atoms with Crippen LogP contribution in [0.25, 0.3) is 5.57 Å². The molecule has 0 bridgehead atoms. The van der Waals surface area contributed by atoms with Gasteiger partial charge in [0, 0.05) is 24.7 Å². The predicted molar refractivity (Wildman–Crippen MR) is 161 cm³/mol. The number of hydrogen-bond acceptors (Lipinski definition) is 9. The Morgan fingerprint density at radius 1 is 0.932 bits per heavy atom. The number of fused-ring (bicyclic) bond motifs is 1. The van der Waals surface area contributed by atoms with Gasteiger partial charge in [-0.2, -0.15) is 0 Å². The van der Waals surface area contributed by atoms with Crippen LogP contribution in [-0.4, -0.2) is 56.5 Å². The number of aliphatic hydroxyl groups is 1. The molecular weight excluding hydrogens is 566 g/mol. The Labute approximate surface area is 256 Å². The summed E-state index contributed by atoms with van der Waals surface area (Å²) in [4.78, 5) is 39.4. The van der Waals surface area contributed by atoms with Crippen molar-refractivity contribution in [3.8, 4) is 0 Å². The van der Waals surface area contributed by atoms with Crippen LogP contribution in [0.4, 0.5) is 0 Å². The van der Waals surface area contributed by atoms with Crippen molar-refractivity contribution in [2.45, 2.75) is 51.0 Å². The number of ether oxygens (including phenoxy) is 4. The summed E-state index contributed by atoms with van der Waals surface area (Å²) in [6.07, 6.45) is 2.58. The lowest BCUT2D eigenvalue weighted by atomic mass is 9.72. The zero-order valence-corrected chi connectivity index (χ0v) is 25.0. The fourth-order valence-electron chi connectivity index (χ4n) is 5.48. The fraction of sp³-hybridized carbons (Fsp3) is 0.382. The summed E-state index contributed by atoms with van der Waals surface area (Å²) in [5, 5.41) is 14.1. The molecule has 2 N–H and O–H groups in total. The topological polar surface area (TPSA) is 134 Å². The van der Waals surface area contributed by atoms with Crippen LogP contribution in [0, 0.1) is 5.41 Å². The molecule has 10 heteroatoms. The molecule has 1 amide bonds. The van der Waals surface area contributed by atoms with E-state index in [4.69, 9.17) is 23.4 Å². The fourth-order valence-corrected chi connectivity index (χ4v) is 5.48. The molecule has 0 unspecified atom stereocenters. The molecule has 44 heavy (non-hydrogen) atoms. The van der Waals surface area contributed by atoms with E-state index in [1.54, 1.807) is 6.07 Å². The number of rotatable bonds is 16. The summed E-state index contributed by atoms with van der Waals surface area (Å²) in [7, 11) is 2.44. The van der Waals surface area contributed by atoms with Gasteiger partial charge in [0.25, 0.3) is 0 Å². The van der Waals surface area contributed by atoms with Crippen molar-refractivity contribution < 1.29 is 42.9 Å². The zero-order valence-electron chi connectivity index (χ0n) is 25.0. The number of amides is 1. The Bertz CT molecular complexity index is 1400. The Morgan fingerprint density at radius 3 is 2.23 bits per heavy atom. The highest BCUT2D eigenvalue weighted by Crippen LogP contribution is 2.57. The molecule has 0 spiro atoms. The van der Waals surface area contributed by atoms with Crippen LogP contribution < -0.4 is 5.32 Å². The van der Waals surface area contributed by atoms with Crippen molar-refractivity contribution in [2.24, 2.45) is 5.41 Å². The molecule has 1 aliphatic rings. The molecule has 0 aliphatic heterocycles. The van der Waals surface area contributed by atoms with E-state index in [2.05, 4.69) is 5.32 Å². The van der Waals surface area contributed by atoms with Gasteiger partial charge in [-0.25, -0.2) is 4.79 Å². The first-order valence-electron chi connectivity index (χ1n) is 14.6. The molecule has 0 fully saturated rings. The normalized spacial score (nSPS) is 18.9. The standard InChI is InChI=1S/C34H39NO9/c1-40-30(38)19-28-27-16-18-44-31(27)32(35-29(37)15-9-10-17-42-21-24-11-5-3-6-12-24)34(28,33(39)41-2)20-26(36)23-43-22-25-13-7-4-8-14-25/h3-8,11-14,16,18-19,26,32,36H,9-10,15,17,20-23H2,1-2H3,(H,35,37)/b28-19+/t26-,32-,34-/m1/s1. The molecule has 234 valence electrons. The van der Waals surface area contributed by atoms with Crippen LogP contribution in [0.1, 0.15) is 54.2 Å². The number of aliphatic hydroxyl groups excluding tert-OH is 1. The third-order valence-electron chi connectivity index (χ3n) is 7.57. The van der Waals surface area contributed by atoms with Crippen molar-refractivity contribution in [3.63, 3.8) is 0 Å². The van der Waals surface area contributed by atoms with Gasteiger partial charge in [0.05, 0.1) is 46.4 Å². The van der Waals surface area contributed by atoms with Gasteiger partial charge in [-0.05, 0) is 42.0 Å². The van der Waals surface area contributed by atoms with Gasteiger partial charge in [-0.3, -0.25) is 9.59 Å². The number of hydrogen-bond donors (Lipinski definition) is 2. The van der Waals surface area contributed by atoms with Crippen LogP contribution in [0.3, 0.4) is 0 Å². The van der Waals surface area contributed by atoms with E-state index < -0.39 is 29.5 Å². The Morgan fingerprint density at radius 2 is 1.59 bits per heavy atom. The molecule has 0 saturated carbocycles. The largest absolute Gasteiger partial charge is 0.468 e. The summed E-state index contributed by atoms with van der Waals surface area (Å²) in [5.74, 6) is -1.51. The lowest BCUT2D eigenvalue weighted by Gasteiger charge is -2.35. The van der Waals surface area contributed by atoms with Crippen LogP contribution in [0.15, 0.2) is 83.5 Å². The number of benzene rings is 2. The summed E-state index contributed by atoms with van der Waals surface area (Å²) >= 11 is 0. The van der Waals surface area contributed by atoms with Crippen molar-refractivity contribution >= 4 is 23.4 Å². The van der Waals surface area contributed by atoms with Gasteiger partial charge in [0.15, 0.2) is 0 Å². The lowest BCUT2D eigenvalue weighted by Crippen LogP contribution is -2.46. The predicted octanol–water partition coefficient (Wildman–Crippen LogP) is 4.52. The third kappa shape index (κ3) is 8.02. The highest BCUT2D eigenvalue weighted by Gasteiger charge is 2.59. The van der Waals surface area contributed by atoms with E-state index in [1.165, 1.54) is 26.6 Å². The molecule has 3 aromatic rings. The highest BCUT2D eigenvalue weighted by molar-refractivity contribution is 6.04. The molecular formula is C34H39NO9. The lowest BCUT2D eigenvalue weighted by molar-refractivity contribution is -0.153. The van der Waals surface area contributed by atoms with Gasteiger partial charge >= 0.3 is 11.9 Å². The van der Waals surface area contributed by atoms with Crippen LogP contribution in [0.5, 0.6) is 0 Å². The van der Waals surface area contributed by atoms with Crippen molar-refractivity contribution in [1.29, 1.82) is 0 Å². The number of furan rings is 1. The third-order valence-corrected chi connectivity index (χ3v) is 7.57. The first kappa shape index (κ1) is 32.7. The van der Waals surface area contributed by atoms with Crippen LogP contribution >= 0.6 is 0 Å². The van der Waals surface area contributed by atoms with Gasteiger partial charge < -0.3 is 33.8 Å². The first-order valence-corrected chi connectivity index (χ1v) is 14.6. The maximum absolute atomic E-state index is 13.7. The Balaban J connectivity index is 1.48. The minimum absolute atomic E-state index is 0.107. The minimum Gasteiger partial charge on any atom is -0.468 e. The summed E-state index contributed by atoms with van der Waals surface area (Å²) in [5.41, 5.74) is 0.967. The second-order valence-electron chi connectivity index (χ2n) is 10.6. The van der Waals surface area contributed by atoms with Crippen molar-refractivity contribution in [2.75, 3.05) is 27.4 Å². The van der Waals surface area contributed by atoms with E-state index in [0.717, 1.165) is 11.1 Å². The number of unbranched alkanes of at least 4 members (excludes halogenated alkanes) is 1. The maximum Gasteiger partial charge on any atom is 0.330 e. The smallest absolute Gasteiger partial charge is 0.330 e. The molecule has 3 atom stereocenters. The molecule has 1 aromatic heterocycles. The number of methoxy groups -OCH3 is 2. The second kappa shape index (κ2) is 16.0. The minimum atomic E-state index is -1.69. The Kier molecular flexibility index (Phi) is 11.9. The monoisotopic (exact) mass is 605 g/mol. The quantitative estimate of drug-likeness (QED) is 0.137. The first-order chi connectivity index (χ1) is 21.4. The van der Waals surface area contributed by atoms with E-state index in [-0.39, 0.29) is 43.3 Å². The van der Waals surface area contributed by atoms with E-state index in [1.807, 2.05) is 60.7 Å². The van der Waals surface area contributed by atoms with E-state index in [9.17, 15) is 19.5 Å². The highest BCUT2D eigenvalue weighted by atomic mass is 16.5. The molecule has 1 heterocycles. The van der Waals surface area contributed by atoms with Gasteiger partial charge in [0.1, 0.15) is 17.2 Å². The maximum atomic E-state index is 13.7. The number of nitrogens with one attached hydrogen (secondary N) is 1. The number of esters is 2. The summed E-state index contributed by atoms with van der Waals surface area (Å²) in [6, 6.07) is 19.8. The van der Waals surface area contributed by atoms with E-state index in [0.29, 0.717) is 31.6 Å². The average Bonchev–Trinajstić information content (AvgIpc) is 3.60. The van der Waals surface area contributed by atoms with Crippen LogP contribution in [0.2, 0.25) is 0 Å². The summed E-state index contributed by atoms with van der Waals surface area (Å²) < 4.78 is 27.3. The second-order valence-corrected chi connectivity index (χ2v) is 10.6. The van der Waals surface area contributed by atoms with Crippen molar-refractivity contribution in [3.05, 3.63) is 102 Å². The Hall–Kier alpha value is -4.25. The molecule has 1 aliphatic carbocycles. The molecule has 0 saturated heterocycles.